The lowest BCUT2D eigenvalue weighted by molar-refractivity contribution is -0.145. The highest BCUT2D eigenvalue weighted by atomic mass is 33.1. The predicted octanol–water partition coefficient (Wildman–Crippen LogP) is 9.24. The molecule has 0 radical (unpaired) electrons. The third-order valence-electron chi connectivity index (χ3n) is 14.5. The summed E-state index contributed by atoms with van der Waals surface area (Å²) in [5.74, 6) is 1.95. The number of piperazine rings is 1. The maximum Gasteiger partial charge on any atom is 0.305 e. The fourth-order valence-corrected chi connectivity index (χ4v) is 11.4. The summed E-state index contributed by atoms with van der Waals surface area (Å²) in [4.78, 5) is 70.0. The molecular formula is C62H118N4O14S2. The van der Waals surface area contributed by atoms with Crippen LogP contribution in [-0.2, 0) is 47.7 Å². The highest BCUT2D eigenvalue weighted by Gasteiger charge is 2.21. The number of hydrogen-bond acceptors (Lipinski definition) is 20. The highest BCUT2D eigenvalue weighted by molar-refractivity contribution is 8.76. The number of hydrogen-bond donors (Lipinski definition) is 4. The van der Waals surface area contributed by atoms with Crippen LogP contribution >= 0.6 is 21.6 Å². The first-order chi connectivity index (χ1) is 39.5. The van der Waals surface area contributed by atoms with Gasteiger partial charge in [-0.1, -0.05) is 102 Å². The van der Waals surface area contributed by atoms with Gasteiger partial charge in [-0.15, -0.1) is 0 Å². The molecule has 1 saturated heterocycles. The lowest BCUT2D eigenvalue weighted by Gasteiger charge is -2.34. The van der Waals surface area contributed by atoms with Gasteiger partial charge in [0.25, 0.3) is 0 Å². The summed E-state index contributed by atoms with van der Waals surface area (Å²) >= 11 is 0. The molecule has 1 heterocycles. The average molecular weight is 1210 g/mol. The third-order valence-corrected chi connectivity index (χ3v) is 17.0. The monoisotopic (exact) mass is 1210 g/mol. The molecule has 4 atom stereocenters. The van der Waals surface area contributed by atoms with E-state index in [0.29, 0.717) is 180 Å². The lowest BCUT2D eigenvalue weighted by atomic mass is 10.1. The van der Waals surface area contributed by atoms with Gasteiger partial charge in [-0.25, -0.2) is 0 Å². The largest absolute Gasteiger partial charge is 0.466 e. The van der Waals surface area contributed by atoms with Gasteiger partial charge in [0.2, 0.25) is 0 Å². The van der Waals surface area contributed by atoms with Crippen LogP contribution in [0.3, 0.4) is 0 Å². The van der Waals surface area contributed by atoms with E-state index in [9.17, 15) is 44.4 Å². The van der Waals surface area contributed by atoms with E-state index in [1.54, 1.807) is 0 Å². The molecule has 0 spiro atoms. The SMILES string of the molecule is CCCCOC(=O)CCCCC(O)CN(CCCCSSCCN1CCN(CCOC(=O)CCCN(CC(O)CCCCC(=O)OCCC(C)C)CC(O)CCCCC(=O)OCCC(C)C)CC1)CC(O)CCCCC(=O)OCCCC. The predicted molar refractivity (Wildman–Crippen MR) is 331 cm³/mol. The van der Waals surface area contributed by atoms with Gasteiger partial charge in [0.1, 0.15) is 6.61 Å². The first kappa shape index (κ1) is 77.7. The molecule has 0 saturated carbocycles. The normalized spacial score (nSPS) is 14.8. The summed E-state index contributed by atoms with van der Waals surface area (Å²) in [5.41, 5.74) is 0. The van der Waals surface area contributed by atoms with Crippen molar-refractivity contribution in [1.29, 1.82) is 0 Å². The van der Waals surface area contributed by atoms with Crippen LogP contribution < -0.4 is 0 Å². The minimum absolute atomic E-state index is 0.178. The number of nitrogens with zero attached hydrogens (tertiary/aromatic N) is 4. The summed E-state index contributed by atoms with van der Waals surface area (Å²) in [6.45, 7) is 22.9. The van der Waals surface area contributed by atoms with Gasteiger partial charge < -0.3 is 44.1 Å². The molecular weight excluding hydrogens is 1090 g/mol. The summed E-state index contributed by atoms with van der Waals surface area (Å²) < 4.78 is 26.8. The zero-order valence-corrected chi connectivity index (χ0v) is 53.9. The maximum absolute atomic E-state index is 12.8. The Kier molecular flexibility index (Phi) is 50.3. The van der Waals surface area contributed by atoms with E-state index in [-0.39, 0.29) is 36.3 Å². The highest BCUT2D eigenvalue weighted by Crippen LogP contribution is 2.23. The van der Waals surface area contributed by atoms with Crippen LogP contribution in [0.5, 0.6) is 0 Å². The Labute approximate surface area is 504 Å². The molecule has 0 aromatic heterocycles. The van der Waals surface area contributed by atoms with Crippen molar-refractivity contribution in [3.63, 3.8) is 0 Å². The van der Waals surface area contributed by atoms with E-state index in [1.165, 1.54) is 0 Å². The number of carbonyl (C=O) groups is 5. The Morgan fingerprint density at radius 2 is 0.720 bits per heavy atom. The number of aliphatic hydroxyl groups excluding tert-OH is 4. The van der Waals surface area contributed by atoms with Crippen LogP contribution in [0.1, 0.15) is 208 Å². The molecule has 0 aromatic carbocycles. The van der Waals surface area contributed by atoms with Crippen molar-refractivity contribution in [1.82, 2.24) is 19.6 Å². The zero-order valence-electron chi connectivity index (χ0n) is 52.3. The van der Waals surface area contributed by atoms with E-state index in [2.05, 4.69) is 56.2 Å². The second-order valence-corrected chi connectivity index (χ2v) is 26.1. The molecule has 18 nitrogen and oxygen atoms in total. The molecule has 0 bridgehead atoms. The molecule has 4 unspecified atom stereocenters. The molecule has 82 heavy (non-hydrogen) atoms. The Bertz CT molecular complexity index is 1500. The molecule has 0 aromatic rings. The van der Waals surface area contributed by atoms with Crippen LogP contribution in [0, 0.1) is 11.8 Å². The van der Waals surface area contributed by atoms with E-state index in [4.69, 9.17) is 23.7 Å². The topological polar surface area (TPSA) is 225 Å². The van der Waals surface area contributed by atoms with Gasteiger partial charge in [0.15, 0.2) is 0 Å². The molecule has 0 aliphatic carbocycles. The maximum atomic E-state index is 12.8. The zero-order chi connectivity index (χ0) is 60.4. The van der Waals surface area contributed by atoms with Crippen molar-refractivity contribution < 1.29 is 68.1 Å². The molecule has 1 rings (SSSR count). The summed E-state index contributed by atoms with van der Waals surface area (Å²) in [7, 11) is 3.79. The van der Waals surface area contributed by atoms with Crippen LogP contribution in [0.4, 0.5) is 0 Å². The fraction of sp³-hybridized carbons (Fsp3) is 0.919. The number of ether oxygens (including phenoxy) is 5. The number of esters is 5. The summed E-state index contributed by atoms with van der Waals surface area (Å²) in [5, 5.41) is 43.8. The standard InChI is InChI=1S/C62H118N4O14S2/c1-7-9-41-76-58(71)26-15-11-22-54(67)48-65(49-55(68)23-12-16-27-59(72)77-42-10-8-2)33-19-20-46-81-82-47-40-64-37-35-63(36-38-64)39-45-80-62(75)30-21-34-66(50-56(69)24-13-17-28-60(73)78-43-31-52(3)4)51-57(70)25-14-18-29-61(74)79-44-32-53(5)6/h52-57,67-70H,7-51H2,1-6H3. The van der Waals surface area contributed by atoms with Crippen molar-refractivity contribution in [2.75, 3.05) is 123 Å². The Hall–Kier alpha value is -2.27. The number of unbranched alkanes of at least 4 members (excludes halogenated alkanes) is 7. The van der Waals surface area contributed by atoms with Crippen LogP contribution in [-0.4, -0.2) is 217 Å². The fourth-order valence-electron chi connectivity index (χ4n) is 9.26. The smallest absolute Gasteiger partial charge is 0.305 e. The lowest BCUT2D eigenvalue weighted by Crippen LogP contribution is -2.47. The Morgan fingerprint density at radius 3 is 1.10 bits per heavy atom. The number of aliphatic hydroxyl groups is 4. The van der Waals surface area contributed by atoms with Crippen LogP contribution in [0.15, 0.2) is 0 Å². The molecule has 0 amide bonds. The molecule has 20 heteroatoms. The quantitative estimate of drug-likeness (QED) is 0.0193. The molecule has 482 valence electrons. The summed E-state index contributed by atoms with van der Waals surface area (Å²) in [6.07, 6.45) is 14.7. The van der Waals surface area contributed by atoms with Gasteiger partial charge in [0, 0.05) is 109 Å². The molecule has 1 aliphatic heterocycles. The van der Waals surface area contributed by atoms with Crippen molar-refractivity contribution in [3.8, 4) is 0 Å². The van der Waals surface area contributed by atoms with Gasteiger partial charge in [0.05, 0.1) is 50.8 Å². The van der Waals surface area contributed by atoms with E-state index in [1.807, 2.05) is 26.5 Å². The van der Waals surface area contributed by atoms with Crippen molar-refractivity contribution >= 4 is 51.4 Å². The Morgan fingerprint density at radius 1 is 0.390 bits per heavy atom. The molecule has 4 N–H and O–H groups in total. The first-order valence-corrected chi connectivity index (χ1v) is 34.6. The second kappa shape index (κ2) is 53.0. The number of carbonyl (C=O) groups excluding carboxylic acids is 5. The molecule has 1 aliphatic rings. The number of rotatable bonds is 56. The Balaban J connectivity index is 2.43. The minimum atomic E-state index is -0.651. The van der Waals surface area contributed by atoms with Crippen molar-refractivity contribution in [2.45, 2.75) is 233 Å². The van der Waals surface area contributed by atoms with Crippen molar-refractivity contribution in [2.24, 2.45) is 11.8 Å². The molecule has 1 fully saturated rings. The average Bonchev–Trinajstić information content (AvgIpc) is 3.43. The summed E-state index contributed by atoms with van der Waals surface area (Å²) in [6, 6.07) is 0. The van der Waals surface area contributed by atoms with E-state index < -0.39 is 24.4 Å². The van der Waals surface area contributed by atoms with Crippen molar-refractivity contribution in [3.05, 3.63) is 0 Å². The van der Waals surface area contributed by atoms with Gasteiger partial charge in [-0.05, 0) is 121 Å². The van der Waals surface area contributed by atoms with Crippen LogP contribution in [0.2, 0.25) is 0 Å². The second-order valence-electron chi connectivity index (χ2n) is 23.4. The first-order valence-electron chi connectivity index (χ1n) is 32.1. The van der Waals surface area contributed by atoms with Gasteiger partial charge >= 0.3 is 29.8 Å². The van der Waals surface area contributed by atoms with Gasteiger partial charge in [-0.2, -0.15) is 0 Å². The van der Waals surface area contributed by atoms with Crippen LogP contribution in [0.25, 0.3) is 0 Å². The third kappa shape index (κ3) is 48.9. The van der Waals surface area contributed by atoms with Gasteiger partial charge in [-0.3, -0.25) is 43.6 Å². The minimum Gasteiger partial charge on any atom is -0.466 e. The van der Waals surface area contributed by atoms with E-state index in [0.717, 1.165) is 115 Å². The van der Waals surface area contributed by atoms with E-state index >= 15 is 0 Å².